The Balaban J connectivity index is 3.63. The van der Waals surface area contributed by atoms with E-state index in [2.05, 4.69) is 10.5 Å². The molecule has 0 radical (unpaired) electrons. The van der Waals surface area contributed by atoms with E-state index in [1.165, 1.54) is 0 Å². The van der Waals surface area contributed by atoms with Gasteiger partial charge in [0.1, 0.15) is 6.04 Å². The summed E-state index contributed by atoms with van der Waals surface area (Å²) in [6.07, 6.45) is 0.839. The smallest absolute Gasteiger partial charge is 0.375 e. The minimum atomic E-state index is -1.13. The van der Waals surface area contributed by atoms with Crippen molar-refractivity contribution in [3.63, 3.8) is 0 Å². The molecule has 1 amide bonds. The number of carbonyl (C=O) groups excluding carboxylic acids is 2. The average molecular weight is 189 g/mol. The molecule has 0 aromatic rings. The summed E-state index contributed by atoms with van der Waals surface area (Å²) >= 11 is 0. The molecule has 13 heavy (non-hydrogen) atoms. The molecule has 0 bridgehead atoms. The lowest BCUT2D eigenvalue weighted by Gasteiger charge is -2.07. The largest absolute Gasteiger partial charge is 0.412 e. The van der Waals surface area contributed by atoms with E-state index in [9.17, 15) is 9.59 Å². The number of esters is 1. The third kappa shape index (κ3) is 6.06. The number of rotatable bonds is 5. The number of primary amides is 1. The fourth-order valence-corrected chi connectivity index (χ4v) is 0.801. The van der Waals surface area contributed by atoms with Crippen molar-refractivity contribution in [3.05, 3.63) is 0 Å². The Hall–Kier alpha value is -1.14. The van der Waals surface area contributed by atoms with Gasteiger partial charge in [0.25, 0.3) is 0 Å². The molecule has 0 aliphatic carbocycles. The molecule has 1 unspecified atom stereocenters. The molecule has 0 saturated heterocycles. The normalized spacial score (nSPS) is 12.2. The summed E-state index contributed by atoms with van der Waals surface area (Å²) in [5, 5.41) is 0. The zero-order valence-corrected chi connectivity index (χ0v) is 7.36. The van der Waals surface area contributed by atoms with Crippen molar-refractivity contribution in [2.24, 2.45) is 17.2 Å². The van der Waals surface area contributed by atoms with Crippen LogP contribution in [0.5, 0.6) is 0 Å². The Labute approximate surface area is 76.4 Å². The van der Waals surface area contributed by atoms with Crippen molar-refractivity contribution in [2.45, 2.75) is 25.3 Å². The minimum Gasteiger partial charge on any atom is -0.375 e. The first-order valence-corrected chi connectivity index (χ1v) is 4.04. The fraction of sp³-hybridized carbons (Fsp3) is 0.714. The maximum Gasteiger partial charge on any atom is 0.412 e. The van der Waals surface area contributed by atoms with Gasteiger partial charge in [-0.1, -0.05) is 6.42 Å². The molecule has 0 spiro atoms. The van der Waals surface area contributed by atoms with E-state index in [1.54, 1.807) is 0 Å². The van der Waals surface area contributed by atoms with Crippen molar-refractivity contribution >= 4 is 12.1 Å². The van der Waals surface area contributed by atoms with Crippen molar-refractivity contribution in [2.75, 3.05) is 6.54 Å². The molecule has 6 N–H and O–H groups in total. The summed E-state index contributed by atoms with van der Waals surface area (Å²) in [4.78, 5) is 21.0. The third-order valence-corrected chi connectivity index (χ3v) is 1.47. The van der Waals surface area contributed by atoms with Crippen LogP contribution < -0.4 is 17.2 Å². The minimum absolute atomic E-state index is 0.448. The zero-order valence-electron chi connectivity index (χ0n) is 7.36. The number of hydrogen-bond acceptors (Lipinski definition) is 5. The van der Waals surface area contributed by atoms with Crippen LogP contribution in [0.2, 0.25) is 0 Å². The summed E-state index contributed by atoms with van der Waals surface area (Å²) in [7, 11) is 0. The SMILES string of the molecule is NCCCCC(N)C(=O)OC(N)=O. The van der Waals surface area contributed by atoms with Crippen LogP contribution in [0, 0.1) is 0 Å². The van der Waals surface area contributed by atoms with Gasteiger partial charge in [0.2, 0.25) is 0 Å². The summed E-state index contributed by atoms with van der Waals surface area (Å²) in [5.41, 5.74) is 15.3. The molecule has 0 saturated carbocycles. The molecule has 0 aromatic carbocycles. The highest BCUT2D eigenvalue weighted by molar-refractivity contribution is 5.86. The number of amides is 1. The van der Waals surface area contributed by atoms with E-state index >= 15 is 0 Å². The van der Waals surface area contributed by atoms with Crippen molar-refractivity contribution in [3.8, 4) is 0 Å². The fourth-order valence-electron chi connectivity index (χ4n) is 0.801. The van der Waals surface area contributed by atoms with Crippen LogP contribution in [0.3, 0.4) is 0 Å². The number of hydrogen-bond donors (Lipinski definition) is 3. The van der Waals surface area contributed by atoms with E-state index < -0.39 is 18.1 Å². The molecule has 0 aliphatic rings. The van der Waals surface area contributed by atoms with Gasteiger partial charge in [-0.2, -0.15) is 0 Å². The number of ether oxygens (including phenoxy) is 1. The Morgan fingerprint density at radius 2 is 1.92 bits per heavy atom. The zero-order chi connectivity index (χ0) is 10.3. The van der Waals surface area contributed by atoms with Gasteiger partial charge in [-0.15, -0.1) is 0 Å². The van der Waals surface area contributed by atoms with Crippen LogP contribution in [0.25, 0.3) is 0 Å². The summed E-state index contributed by atoms with van der Waals surface area (Å²) in [6, 6.07) is -0.793. The molecule has 0 aromatic heterocycles. The second-order valence-electron chi connectivity index (χ2n) is 2.63. The molecule has 6 nitrogen and oxygen atoms in total. The van der Waals surface area contributed by atoms with Gasteiger partial charge in [0, 0.05) is 0 Å². The number of carbonyl (C=O) groups is 2. The van der Waals surface area contributed by atoms with Gasteiger partial charge in [-0.3, -0.25) is 0 Å². The first-order valence-electron chi connectivity index (χ1n) is 4.04. The van der Waals surface area contributed by atoms with Gasteiger partial charge in [0.05, 0.1) is 0 Å². The molecular formula is C7H15N3O3. The summed E-state index contributed by atoms with van der Waals surface area (Å²) in [6.45, 7) is 0.553. The van der Waals surface area contributed by atoms with Crippen molar-refractivity contribution < 1.29 is 14.3 Å². The molecule has 76 valence electrons. The lowest BCUT2D eigenvalue weighted by Crippen LogP contribution is -2.35. The lowest BCUT2D eigenvalue weighted by molar-refractivity contribution is -0.138. The van der Waals surface area contributed by atoms with Gasteiger partial charge in [-0.05, 0) is 19.4 Å². The van der Waals surface area contributed by atoms with E-state index in [4.69, 9.17) is 11.5 Å². The van der Waals surface area contributed by atoms with E-state index in [0.29, 0.717) is 13.0 Å². The average Bonchev–Trinajstić information content (AvgIpc) is 2.03. The lowest BCUT2D eigenvalue weighted by atomic mass is 10.1. The second kappa shape index (κ2) is 6.38. The molecule has 0 fully saturated rings. The van der Waals surface area contributed by atoms with Gasteiger partial charge < -0.3 is 21.9 Å². The monoisotopic (exact) mass is 189 g/mol. The summed E-state index contributed by atoms with van der Waals surface area (Å²) < 4.78 is 4.09. The Bertz CT molecular complexity index is 184. The van der Waals surface area contributed by atoms with Crippen LogP contribution in [0.15, 0.2) is 0 Å². The predicted molar refractivity (Wildman–Crippen MR) is 46.6 cm³/mol. The van der Waals surface area contributed by atoms with Crippen LogP contribution >= 0.6 is 0 Å². The topological polar surface area (TPSA) is 121 Å². The summed E-state index contributed by atoms with van der Waals surface area (Å²) in [5.74, 6) is -0.787. The first kappa shape index (κ1) is 11.9. The van der Waals surface area contributed by atoms with Crippen LogP contribution in [0.1, 0.15) is 19.3 Å². The second-order valence-corrected chi connectivity index (χ2v) is 2.63. The highest BCUT2D eigenvalue weighted by Crippen LogP contribution is 1.99. The molecule has 0 aliphatic heterocycles. The van der Waals surface area contributed by atoms with Gasteiger partial charge >= 0.3 is 12.1 Å². The first-order chi connectivity index (χ1) is 6.07. The molecule has 1 atom stereocenters. The van der Waals surface area contributed by atoms with Crippen LogP contribution in [-0.2, 0) is 9.53 Å². The molecule has 0 rings (SSSR count). The van der Waals surface area contributed by atoms with Crippen molar-refractivity contribution in [1.82, 2.24) is 0 Å². The number of unbranched alkanes of at least 4 members (excludes halogenated alkanes) is 1. The third-order valence-electron chi connectivity index (χ3n) is 1.47. The quantitative estimate of drug-likeness (QED) is 0.293. The maximum absolute atomic E-state index is 10.9. The molecule has 0 heterocycles. The van der Waals surface area contributed by atoms with Gasteiger partial charge in [0.15, 0.2) is 0 Å². The Kier molecular flexibility index (Phi) is 5.82. The Morgan fingerprint density at radius 3 is 2.38 bits per heavy atom. The number of nitrogens with two attached hydrogens (primary N) is 3. The van der Waals surface area contributed by atoms with E-state index in [0.717, 1.165) is 12.8 Å². The van der Waals surface area contributed by atoms with Gasteiger partial charge in [-0.25, -0.2) is 9.59 Å². The maximum atomic E-state index is 10.9. The Morgan fingerprint density at radius 1 is 1.31 bits per heavy atom. The standard InChI is InChI=1S/C7H15N3O3/c8-4-2-1-3-5(9)6(11)13-7(10)12/h5H,1-4,8-9H2,(H2,10,12). The van der Waals surface area contributed by atoms with E-state index in [-0.39, 0.29) is 0 Å². The van der Waals surface area contributed by atoms with Crippen LogP contribution in [0.4, 0.5) is 4.79 Å². The van der Waals surface area contributed by atoms with Crippen molar-refractivity contribution in [1.29, 1.82) is 0 Å². The van der Waals surface area contributed by atoms with Crippen LogP contribution in [-0.4, -0.2) is 24.6 Å². The van der Waals surface area contributed by atoms with E-state index in [1.807, 2.05) is 0 Å². The predicted octanol–water partition coefficient (Wildman–Crippen LogP) is -0.935. The highest BCUT2D eigenvalue weighted by Gasteiger charge is 2.16. The highest BCUT2D eigenvalue weighted by atomic mass is 16.6. The molecule has 6 heteroatoms. The molecular weight excluding hydrogens is 174 g/mol.